The van der Waals surface area contributed by atoms with E-state index in [0.717, 1.165) is 24.2 Å². The highest BCUT2D eigenvalue weighted by atomic mass is 16.5. The fourth-order valence-electron chi connectivity index (χ4n) is 4.29. The molecule has 0 aliphatic carbocycles. The minimum atomic E-state index is -1.15. The van der Waals surface area contributed by atoms with Gasteiger partial charge in [0.2, 0.25) is 5.91 Å². The van der Waals surface area contributed by atoms with Gasteiger partial charge < -0.3 is 29.8 Å². The van der Waals surface area contributed by atoms with Crippen molar-refractivity contribution in [2.45, 2.75) is 38.8 Å². The smallest absolute Gasteiger partial charge is 0.404 e. The minimum absolute atomic E-state index is 0.0376. The minimum Gasteiger partial charge on any atom is -0.497 e. The topological polar surface area (TPSA) is 134 Å². The predicted octanol–water partition coefficient (Wildman–Crippen LogP) is 2.92. The van der Waals surface area contributed by atoms with E-state index >= 15 is 0 Å². The monoisotopic (exact) mass is 480 g/mol. The molecule has 2 amide bonds. The number of aryl methyl sites for hydroxylation is 1. The number of nitrogens with zero attached hydrogens (tertiary/aromatic N) is 2. The van der Waals surface area contributed by atoms with Gasteiger partial charge in [0.15, 0.2) is 0 Å². The van der Waals surface area contributed by atoms with Crippen LogP contribution in [0.3, 0.4) is 0 Å². The van der Waals surface area contributed by atoms with Gasteiger partial charge in [0.25, 0.3) is 6.01 Å². The van der Waals surface area contributed by atoms with E-state index in [1.54, 1.807) is 26.2 Å². The number of carbonyl (C=O) groups is 2. The van der Waals surface area contributed by atoms with E-state index in [-0.39, 0.29) is 23.9 Å². The maximum Gasteiger partial charge on any atom is 0.404 e. The summed E-state index contributed by atoms with van der Waals surface area (Å²) in [5.41, 5.74) is 1.95. The van der Waals surface area contributed by atoms with Crippen LogP contribution >= 0.6 is 0 Å². The highest BCUT2D eigenvalue weighted by Crippen LogP contribution is 2.21. The Morgan fingerprint density at radius 2 is 1.89 bits per heavy atom. The number of rotatable bonds is 8. The molecule has 35 heavy (non-hydrogen) atoms. The van der Waals surface area contributed by atoms with E-state index in [2.05, 4.69) is 15.6 Å². The number of likely N-dealkylation sites (tertiary alicyclic amines) is 1. The third kappa shape index (κ3) is 5.53. The number of amides is 2. The van der Waals surface area contributed by atoms with Gasteiger partial charge in [-0.3, -0.25) is 4.79 Å². The lowest BCUT2D eigenvalue weighted by molar-refractivity contribution is -0.131. The van der Waals surface area contributed by atoms with Gasteiger partial charge in [0.05, 0.1) is 18.0 Å². The molecule has 4 rings (SSSR count). The predicted molar refractivity (Wildman–Crippen MR) is 130 cm³/mol. The summed E-state index contributed by atoms with van der Waals surface area (Å²) < 4.78 is 10.7. The van der Waals surface area contributed by atoms with Crippen LogP contribution in [0.2, 0.25) is 0 Å². The molecule has 0 saturated carbocycles. The van der Waals surface area contributed by atoms with Crippen LogP contribution in [-0.4, -0.2) is 53.2 Å². The van der Waals surface area contributed by atoms with E-state index in [0.29, 0.717) is 36.2 Å². The largest absolute Gasteiger partial charge is 0.497 e. The van der Waals surface area contributed by atoms with Gasteiger partial charge in [-0.2, -0.15) is 4.98 Å². The zero-order valence-electron chi connectivity index (χ0n) is 19.7. The normalized spacial score (nSPS) is 14.1. The number of hydrogen-bond donors (Lipinski definition) is 3. The van der Waals surface area contributed by atoms with Crippen molar-refractivity contribution in [2.75, 3.05) is 25.5 Å². The van der Waals surface area contributed by atoms with Gasteiger partial charge >= 0.3 is 11.7 Å². The Bertz CT molecular complexity index is 1280. The second kappa shape index (κ2) is 10.5. The van der Waals surface area contributed by atoms with Gasteiger partial charge in [-0.15, -0.1) is 0 Å². The maximum atomic E-state index is 13.3. The van der Waals surface area contributed by atoms with Crippen molar-refractivity contribution >= 4 is 28.9 Å². The lowest BCUT2D eigenvalue weighted by Crippen LogP contribution is -2.43. The Labute approximate surface area is 201 Å². The molecule has 2 heterocycles. The van der Waals surface area contributed by atoms with Crippen LogP contribution in [0.4, 0.5) is 10.8 Å². The van der Waals surface area contributed by atoms with Crippen molar-refractivity contribution in [2.24, 2.45) is 0 Å². The average Bonchev–Trinajstić information content (AvgIpc) is 3.38. The molecule has 2 aromatic carbocycles. The molecule has 0 unspecified atom stereocenters. The quantitative estimate of drug-likeness (QED) is 0.448. The molecule has 0 spiro atoms. The molecule has 1 aliphatic heterocycles. The number of methoxy groups -OCH3 is 1. The lowest BCUT2D eigenvalue weighted by atomic mass is 10.0. The Kier molecular flexibility index (Phi) is 7.19. The second-order valence-corrected chi connectivity index (χ2v) is 8.49. The summed E-state index contributed by atoms with van der Waals surface area (Å²) in [6.45, 7) is 3.17. The highest BCUT2D eigenvalue weighted by Gasteiger charge is 2.28. The first-order chi connectivity index (χ1) is 16.9. The molecule has 3 N–H and O–H groups in total. The van der Waals surface area contributed by atoms with Crippen LogP contribution in [0.25, 0.3) is 10.9 Å². The van der Waals surface area contributed by atoms with Crippen LogP contribution in [0, 0.1) is 6.92 Å². The summed E-state index contributed by atoms with van der Waals surface area (Å²) in [7, 11) is 1.59. The standard InChI is InChI=1S/C25H28N4O6/c1-15-17(14-26-25(32)33)7-10-19-21(15)23(31)35-24(27-19)28-20(22(30)29-11-3-4-12-29)13-16-5-8-18(34-2)9-6-16/h5-10,20,26H,3-4,11-14H2,1-2H3,(H,27,28)(H,32,33)/t20-/m0/s1. The summed E-state index contributed by atoms with van der Waals surface area (Å²) in [5.74, 6) is 0.647. The number of anilines is 1. The zero-order chi connectivity index (χ0) is 24.9. The molecular weight excluding hydrogens is 452 g/mol. The first-order valence-corrected chi connectivity index (χ1v) is 11.4. The molecule has 1 aromatic heterocycles. The number of ether oxygens (including phenoxy) is 1. The Morgan fingerprint density at radius 1 is 1.17 bits per heavy atom. The Balaban J connectivity index is 1.62. The molecule has 0 bridgehead atoms. The summed E-state index contributed by atoms with van der Waals surface area (Å²) >= 11 is 0. The summed E-state index contributed by atoms with van der Waals surface area (Å²) in [4.78, 5) is 43.2. The maximum absolute atomic E-state index is 13.3. The van der Waals surface area contributed by atoms with Crippen molar-refractivity contribution in [3.05, 3.63) is 63.5 Å². The molecule has 0 radical (unpaired) electrons. The number of nitrogens with one attached hydrogen (secondary N) is 2. The van der Waals surface area contributed by atoms with Crippen LogP contribution in [0.15, 0.2) is 45.6 Å². The van der Waals surface area contributed by atoms with Gasteiger partial charge in [-0.25, -0.2) is 9.59 Å². The second-order valence-electron chi connectivity index (χ2n) is 8.49. The van der Waals surface area contributed by atoms with Crippen molar-refractivity contribution in [3.63, 3.8) is 0 Å². The van der Waals surface area contributed by atoms with Crippen molar-refractivity contribution in [1.82, 2.24) is 15.2 Å². The average molecular weight is 481 g/mol. The van der Waals surface area contributed by atoms with Crippen molar-refractivity contribution < 1.29 is 23.8 Å². The van der Waals surface area contributed by atoms with Gasteiger partial charge in [-0.05, 0) is 54.7 Å². The van der Waals surface area contributed by atoms with Crippen LogP contribution < -0.4 is 21.0 Å². The van der Waals surface area contributed by atoms with Crippen molar-refractivity contribution in [1.29, 1.82) is 0 Å². The summed E-state index contributed by atoms with van der Waals surface area (Å²) in [5, 5.41) is 14.5. The number of fused-ring (bicyclic) bond motifs is 1. The first-order valence-electron chi connectivity index (χ1n) is 11.4. The van der Waals surface area contributed by atoms with E-state index in [9.17, 15) is 14.4 Å². The van der Waals surface area contributed by atoms with E-state index in [1.165, 1.54) is 0 Å². The molecule has 10 heteroatoms. The van der Waals surface area contributed by atoms with Crippen molar-refractivity contribution in [3.8, 4) is 5.75 Å². The van der Waals surface area contributed by atoms with Gasteiger partial charge in [0, 0.05) is 26.1 Å². The molecule has 1 aliphatic rings. The molecule has 1 saturated heterocycles. The van der Waals surface area contributed by atoms with Crippen LogP contribution in [-0.2, 0) is 17.8 Å². The van der Waals surface area contributed by atoms with E-state index in [4.69, 9.17) is 14.3 Å². The molecule has 3 aromatic rings. The zero-order valence-corrected chi connectivity index (χ0v) is 19.7. The number of aromatic nitrogens is 1. The highest BCUT2D eigenvalue weighted by molar-refractivity contribution is 5.86. The lowest BCUT2D eigenvalue weighted by Gasteiger charge is -2.24. The molecule has 10 nitrogen and oxygen atoms in total. The third-order valence-electron chi connectivity index (χ3n) is 6.21. The Morgan fingerprint density at radius 3 is 2.54 bits per heavy atom. The van der Waals surface area contributed by atoms with Gasteiger partial charge in [-0.1, -0.05) is 18.2 Å². The number of carbonyl (C=O) groups excluding carboxylic acids is 1. The summed E-state index contributed by atoms with van der Waals surface area (Å²) in [6, 6.07) is 10.1. The molecular formula is C25H28N4O6. The Hall–Kier alpha value is -4.08. The van der Waals surface area contributed by atoms with Crippen LogP contribution in [0.1, 0.15) is 29.5 Å². The molecule has 184 valence electrons. The van der Waals surface area contributed by atoms with Crippen LogP contribution in [0.5, 0.6) is 5.75 Å². The summed E-state index contributed by atoms with van der Waals surface area (Å²) in [6.07, 6.45) is 1.15. The number of carboxylic acid groups (broad SMARTS) is 1. The number of benzene rings is 2. The van der Waals surface area contributed by atoms with Gasteiger partial charge in [0.1, 0.15) is 11.8 Å². The fraction of sp³-hybridized carbons (Fsp3) is 0.360. The third-order valence-corrected chi connectivity index (χ3v) is 6.21. The van der Waals surface area contributed by atoms with E-state index < -0.39 is 17.8 Å². The van der Waals surface area contributed by atoms with E-state index in [1.807, 2.05) is 29.2 Å². The SMILES string of the molecule is COc1ccc(C[C@H](Nc2nc3ccc(CNC(=O)O)c(C)c3c(=O)o2)C(=O)N2CCCC2)cc1. The number of hydrogen-bond acceptors (Lipinski definition) is 7. The fourth-order valence-corrected chi connectivity index (χ4v) is 4.29. The molecule has 1 atom stereocenters. The first kappa shape index (κ1) is 24.1. The molecule has 1 fully saturated rings.